The van der Waals surface area contributed by atoms with E-state index in [-0.39, 0.29) is 16.4 Å². The summed E-state index contributed by atoms with van der Waals surface area (Å²) in [5, 5.41) is 9.08. The number of imidazole rings is 1. The number of nitrogens with zero attached hydrogens (tertiary/aromatic N) is 3. The highest BCUT2D eigenvalue weighted by Gasteiger charge is 2.30. The van der Waals surface area contributed by atoms with Crippen LogP contribution in [0.5, 0.6) is 0 Å². The summed E-state index contributed by atoms with van der Waals surface area (Å²) in [4.78, 5) is 15.3. The molecule has 0 radical (unpaired) electrons. The standard InChI is InChI=1S/C17H21N3O4S/c1-13-18-7-9-19(13)11-14-4-3-8-20(12-14)25(23,24)16-6-2-5-15(10-16)17(21)22/h2,5-7,9-10,14H,3-4,8,11-12H2,1H3,(H,21,22)/t14-/m1/s1. The normalized spacial score (nSPS) is 19.0. The van der Waals surface area contributed by atoms with Crippen molar-refractivity contribution in [3.05, 3.63) is 48.0 Å². The number of aryl methyl sites for hydroxylation is 1. The molecule has 8 heteroatoms. The molecule has 0 aliphatic carbocycles. The smallest absolute Gasteiger partial charge is 0.335 e. The maximum absolute atomic E-state index is 12.9. The topological polar surface area (TPSA) is 92.5 Å². The second kappa shape index (κ2) is 6.97. The van der Waals surface area contributed by atoms with Crippen molar-refractivity contribution in [3.8, 4) is 0 Å². The summed E-state index contributed by atoms with van der Waals surface area (Å²) in [6, 6.07) is 5.53. The van der Waals surface area contributed by atoms with E-state index in [2.05, 4.69) is 4.98 Å². The average molecular weight is 363 g/mol. The van der Waals surface area contributed by atoms with Gasteiger partial charge in [0.05, 0.1) is 10.5 Å². The molecule has 2 heterocycles. The summed E-state index contributed by atoms with van der Waals surface area (Å²) in [6.07, 6.45) is 5.39. The molecule has 2 aromatic rings. The van der Waals surface area contributed by atoms with Crippen molar-refractivity contribution < 1.29 is 18.3 Å². The molecular formula is C17H21N3O4S. The summed E-state index contributed by atoms with van der Waals surface area (Å²) >= 11 is 0. The van der Waals surface area contributed by atoms with Gasteiger partial charge in [-0.2, -0.15) is 4.31 Å². The van der Waals surface area contributed by atoms with E-state index in [4.69, 9.17) is 5.11 Å². The molecule has 25 heavy (non-hydrogen) atoms. The minimum absolute atomic E-state index is 0.0244. The highest BCUT2D eigenvalue weighted by atomic mass is 32.2. The van der Waals surface area contributed by atoms with Crippen molar-refractivity contribution in [1.82, 2.24) is 13.9 Å². The number of aromatic carboxylic acids is 1. The van der Waals surface area contributed by atoms with Crippen LogP contribution in [0.1, 0.15) is 29.0 Å². The van der Waals surface area contributed by atoms with Crippen LogP contribution in [0, 0.1) is 12.8 Å². The van der Waals surface area contributed by atoms with Crippen LogP contribution in [0.25, 0.3) is 0 Å². The number of hydrogen-bond donors (Lipinski definition) is 1. The van der Waals surface area contributed by atoms with E-state index in [1.54, 1.807) is 6.20 Å². The molecule has 0 saturated carbocycles. The fourth-order valence-electron chi connectivity index (χ4n) is 3.21. The highest BCUT2D eigenvalue weighted by molar-refractivity contribution is 7.89. The number of hydrogen-bond acceptors (Lipinski definition) is 4. The van der Waals surface area contributed by atoms with Crippen LogP contribution in [0.3, 0.4) is 0 Å². The Kier molecular flexibility index (Phi) is 4.91. The van der Waals surface area contributed by atoms with Crippen LogP contribution in [-0.2, 0) is 16.6 Å². The SMILES string of the molecule is Cc1nccn1C[C@H]1CCCN(S(=O)(=O)c2cccc(C(=O)O)c2)C1. The highest BCUT2D eigenvalue weighted by Crippen LogP contribution is 2.25. The lowest BCUT2D eigenvalue weighted by molar-refractivity contribution is 0.0696. The molecule has 0 unspecified atom stereocenters. The predicted molar refractivity (Wildman–Crippen MR) is 91.8 cm³/mol. The van der Waals surface area contributed by atoms with Crippen molar-refractivity contribution >= 4 is 16.0 Å². The number of piperidine rings is 1. The molecule has 1 saturated heterocycles. The number of carboxylic acids is 1. The molecule has 1 fully saturated rings. The van der Waals surface area contributed by atoms with Crippen molar-refractivity contribution in [2.45, 2.75) is 31.2 Å². The Balaban J connectivity index is 1.79. The van der Waals surface area contributed by atoms with Crippen LogP contribution in [0.15, 0.2) is 41.6 Å². The summed E-state index contributed by atoms with van der Waals surface area (Å²) in [7, 11) is -3.69. The summed E-state index contributed by atoms with van der Waals surface area (Å²) in [5.41, 5.74) is -0.0244. The monoisotopic (exact) mass is 363 g/mol. The number of carbonyl (C=O) groups is 1. The molecule has 1 aromatic heterocycles. The van der Waals surface area contributed by atoms with Gasteiger partial charge in [0.25, 0.3) is 0 Å². The maximum Gasteiger partial charge on any atom is 0.335 e. The average Bonchev–Trinajstić information content (AvgIpc) is 3.00. The Morgan fingerprint density at radius 2 is 2.20 bits per heavy atom. The fourth-order valence-corrected chi connectivity index (χ4v) is 4.81. The quantitative estimate of drug-likeness (QED) is 0.877. The molecule has 1 aliphatic heterocycles. The molecular weight excluding hydrogens is 342 g/mol. The molecule has 0 amide bonds. The van der Waals surface area contributed by atoms with Crippen LogP contribution >= 0.6 is 0 Å². The largest absolute Gasteiger partial charge is 0.478 e. The van der Waals surface area contributed by atoms with Gasteiger partial charge in [0.15, 0.2) is 0 Å². The Morgan fingerprint density at radius 3 is 2.88 bits per heavy atom. The minimum Gasteiger partial charge on any atom is -0.478 e. The lowest BCUT2D eigenvalue weighted by Crippen LogP contribution is -2.41. The van der Waals surface area contributed by atoms with Gasteiger partial charge < -0.3 is 9.67 Å². The number of carboxylic acid groups (broad SMARTS) is 1. The second-order valence-corrected chi connectivity index (χ2v) is 8.27. The van der Waals surface area contributed by atoms with Gasteiger partial charge in [-0.1, -0.05) is 6.07 Å². The van der Waals surface area contributed by atoms with Crippen molar-refractivity contribution in [2.24, 2.45) is 5.92 Å². The third-order valence-corrected chi connectivity index (χ3v) is 6.44. The lowest BCUT2D eigenvalue weighted by Gasteiger charge is -2.32. The summed E-state index contributed by atoms with van der Waals surface area (Å²) in [6.45, 7) is 3.54. The fraction of sp³-hybridized carbons (Fsp3) is 0.412. The number of aromatic nitrogens is 2. The van der Waals surface area contributed by atoms with Gasteiger partial charge in [0.2, 0.25) is 10.0 Å². The van der Waals surface area contributed by atoms with E-state index in [0.717, 1.165) is 25.2 Å². The van der Waals surface area contributed by atoms with Gasteiger partial charge in [0.1, 0.15) is 5.82 Å². The summed E-state index contributed by atoms with van der Waals surface area (Å²) in [5.74, 6) is -0.0163. The molecule has 7 nitrogen and oxygen atoms in total. The molecule has 134 valence electrons. The van der Waals surface area contributed by atoms with Crippen LogP contribution in [-0.4, -0.2) is 46.4 Å². The van der Waals surface area contributed by atoms with Crippen LogP contribution < -0.4 is 0 Å². The van der Waals surface area contributed by atoms with Crippen LogP contribution in [0.4, 0.5) is 0 Å². The third-order valence-electron chi connectivity index (χ3n) is 4.58. The zero-order chi connectivity index (χ0) is 18.0. The van der Waals surface area contributed by atoms with Crippen LogP contribution in [0.2, 0.25) is 0 Å². The minimum atomic E-state index is -3.69. The van der Waals surface area contributed by atoms with E-state index >= 15 is 0 Å². The van der Waals surface area contributed by atoms with E-state index < -0.39 is 16.0 Å². The Bertz CT molecular complexity index is 876. The zero-order valence-electron chi connectivity index (χ0n) is 14.0. The second-order valence-electron chi connectivity index (χ2n) is 6.33. The third kappa shape index (κ3) is 3.74. The van der Waals surface area contributed by atoms with Gasteiger partial charge in [-0.3, -0.25) is 0 Å². The first kappa shape index (κ1) is 17.6. The van der Waals surface area contributed by atoms with E-state index in [9.17, 15) is 13.2 Å². The predicted octanol–water partition coefficient (Wildman–Crippen LogP) is 1.99. The molecule has 1 atom stereocenters. The van der Waals surface area contributed by atoms with Gasteiger partial charge >= 0.3 is 5.97 Å². The maximum atomic E-state index is 12.9. The lowest BCUT2D eigenvalue weighted by atomic mass is 10.00. The van der Waals surface area contributed by atoms with Gasteiger partial charge in [0, 0.05) is 32.0 Å². The first-order valence-electron chi connectivity index (χ1n) is 8.19. The Hall–Kier alpha value is -2.19. The molecule has 1 aliphatic rings. The van der Waals surface area contributed by atoms with Crippen molar-refractivity contribution in [3.63, 3.8) is 0 Å². The number of benzene rings is 1. The Labute approximate surface area is 147 Å². The first-order chi connectivity index (χ1) is 11.9. The molecule has 3 rings (SSSR count). The zero-order valence-corrected chi connectivity index (χ0v) is 14.8. The van der Waals surface area contributed by atoms with Crippen molar-refractivity contribution in [2.75, 3.05) is 13.1 Å². The number of rotatable bonds is 5. The molecule has 0 spiro atoms. The Morgan fingerprint density at radius 1 is 1.40 bits per heavy atom. The molecule has 1 aromatic carbocycles. The number of sulfonamides is 1. The van der Waals surface area contributed by atoms with E-state index in [0.29, 0.717) is 13.1 Å². The van der Waals surface area contributed by atoms with Gasteiger partial charge in [-0.15, -0.1) is 0 Å². The van der Waals surface area contributed by atoms with Crippen molar-refractivity contribution in [1.29, 1.82) is 0 Å². The molecule has 0 bridgehead atoms. The van der Waals surface area contributed by atoms with E-state index in [1.165, 1.54) is 28.6 Å². The van der Waals surface area contributed by atoms with Gasteiger partial charge in [-0.05, 0) is 43.9 Å². The summed E-state index contributed by atoms with van der Waals surface area (Å²) < 4.78 is 29.3. The molecule has 1 N–H and O–H groups in total. The first-order valence-corrected chi connectivity index (χ1v) is 9.63. The van der Waals surface area contributed by atoms with Gasteiger partial charge in [-0.25, -0.2) is 18.2 Å². The van der Waals surface area contributed by atoms with E-state index in [1.807, 2.05) is 17.7 Å².